The Hall–Kier alpha value is -1.51. The summed E-state index contributed by atoms with van der Waals surface area (Å²) in [4.78, 5) is 11.8. The molecule has 2 saturated carbocycles. The fourth-order valence-electron chi connectivity index (χ4n) is 7.70. The van der Waals surface area contributed by atoms with Crippen LogP contribution in [0, 0.1) is 29.6 Å². The summed E-state index contributed by atoms with van der Waals surface area (Å²) in [5, 5.41) is 14.0. The van der Waals surface area contributed by atoms with Gasteiger partial charge in [0.15, 0.2) is 0 Å². The second kappa shape index (κ2) is 5.75. The summed E-state index contributed by atoms with van der Waals surface area (Å²) in [6, 6.07) is 4.50. The number of hydrogen-bond acceptors (Lipinski definition) is 2. The lowest BCUT2D eigenvalue weighted by atomic mass is 9.42. The minimum atomic E-state index is 0.0648. The van der Waals surface area contributed by atoms with Gasteiger partial charge in [-0.15, -0.1) is 0 Å². The normalized spacial score (nSPS) is 39.3. The van der Waals surface area contributed by atoms with Gasteiger partial charge < -0.3 is 10.4 Å². The molecule has 1 aromatic carbocycles. The van der Waals surface area contributed by atoms with Crippen molar-refractivity contribution >= 4 is 5.91 Å². The Balaban J connectivity index is 1.75. The number of fused-ring (bicyclic) bond motifs is 5. The lowest BCUT2D eigenvalue weighted by Gasteiger charge is -2.63. The molecule has 0 saturated heterocycles. The van der Waals surface area contributed by atoms with Crippen molar-refractivity contribution < 1.29 is 9.90 Å². The van der Waals surface area contributed by atoms with E-state index in [4.69, 9.17) is 0 Å². The zero-order chi connectivity index (χ0) is 19.8. The largest absolute Gasteiger partial charge is 0.508 e. The van der Waals surface area contributed by atoms with Crippen molar-refractivity contribution in [1.82, 2.24) is 5.32 Å². The lowest BCUT2D eigenvalue weighted by molar-refractivity contribution is -0.131. The van der Waals surface area contributed by atoms with E-state index in [2.05, 4.69) is 46.0 Å². The van der Waals surface area contributed by atoms with Gasteiger partial charge in [0, 0.05) is 23.9 Å². The van der Waals surface area contributed by atoms with Crippen LogP contribution in [0.1, 0.15) is 77.0 Å². The summed E-state index contributed by atoms with van der Waals surface area (Å²) in [7, 11) is 0. The van der Waals surface area contributed by atoms with Gasteiger partial charge in [0.2, 0.25) is 5.91 Å². The molecule has 5 atom stereocenters. The van der Waals surface area contributed by atoms with E-state index < -0.39 is 0 Å². The topological polar surface area (TPSA) is 49.3 Å². The molecule has 3 aliphatic carbocycles. The predicted molar refractivity (Wildman–Crippen MR) is 109 cm³/mol. The first-order valence-electron chi connectivity index (χ1n) is 10.6. The summed E-state index contributed by atoms with van der Waals surface area (Å²) in [6.45, 7) is 13.3. The highest BCUT2D eigenvalue weighted by Crippen LogP contribution is 2.68. The number of benzene rings is 1. The summed E-state index contributed by atoms with van der Waals surface area (Å²) >= 11 is 0. The van der Waals surface area contributed by atoms with Crippen LogP contribution in [0.4, 0.5) is 0 Å². The average molecular weight is 370 g/mol. The quantitative estimate of drug-likeness (QED) is 0.742. The highest BCUT2D eigenvalue weighted by molar-refractivity contribution is 5.73. The molecule has 5 unspecified atom stereocenters. The van der Waals surface area contributed by atoms with E-state index in [1.165, 1.54) is 17.5 Å². The van der Waals surface area contributed by atoms with Crippen molar-refractivity contribution in [2.75, 3.05) is 0 Å². The fourth-order valence-corrected chi connectivity index (χ4v) is 7.70. The minimum Gasteiger partial charge on any atom is -0.508 e. The third-order valence-electron chi connectivity index (χ3n) is 8.80. The van der Waals surface area contributed by atoms with E-state index in [-0.39, 0.29) is 28.2 Å². The number of aryl methyl sites for hydroxylation is 1. The summed E-state index contributed by atoms with van der Waals surface area (Å²) in [6.07, 6.45) is 5.57. The Morgan fingerprint density at radius 1 is 1.11 bits per heavy atom. The molecule has 3 aliphatic rings. The van der Waals surface area contributed by atoms with Gasteiger partial charge >= 0.3 is 0 Å². The number of amides is 1. The Labute approximate surface area is 163 Å². The van der Waals surface area contributed by atoms with Gasteiger partial charge in [0.1, 0.15) is 5.75 Å². The van der Waals surface area contributed by atoms with Gasteiger partial charge in [0.05, 0.1) is 0 Å². The maximum Gasteiger partial charge on any atom is 0.217 e. The number of phenols is 1. The number of hydrogen-bond donors (Lipinski definition) is 2. The van der Waals surface area contributed by atoms with Crippen LogP contribution in [0.3, 0.4) is 0 Å². The van der Waals surface area contributed by atoms with Crippen LogP contribution in [0.5, 0.6) is 5.75 Å². The van der Waals surface area contributed by atoms with Gasteiger partial charge in [-0.25, -0.2) is 0 Å². The molecule has 1 aromatic rings. The number of nitrogens with one attached hydrogen (secondary N) is 1. The SMILES string of the molecule is CC(=O)NC1CCC2(C)C3Cc4cc(C)cc(O)c4C3(C)CCC2C1(C)C. The maximum atomic E-state index is 11.8. The van der Waals surface area contributed by atoms with Crippen LogP contribution in [0.2, 0.25) is 0 Å². The first-order valence-corrected chi connectivity index (χ1v) is 10.6. The molecule has 2 fully saturated rings. The van der Waals surface area contributed by atoms with Crippen LogP contribution in [0.25, 0.3) is 0 Å². The van der Waals surface area contributed by atoms with Gasteiger partial charge in [-0.05, 0) is 78.9 Å². The molecule has 3 heteroatoms. The molecule has 148 valence electrons. The molecule has 2 N–H and O–H groups in total. The number of carbonyl (C=O) groups is 1. The average Bonchev–Trinajstić information content (AvgIpc) is 2.84. The van der Waals surface area contributed by atoms with Crippen molar-refractivity contribution in [3.8, 4) is 5.75 Å². The number of phenolic OH excluding ortho intramolecular Hbond substituents is 1. The second-order valence-corrected chi connectivity index (χ2v) is 10.7. The van der Waals surface area contributed by atoms with Gasteiger partial charge in [0.25, 0.3) is 0 Å². The maximum absolute atomic E-state index is 11.8. The lowest BCUT2D eigenvalue weighted by Crippen LogP contribution is -2.61. The standard InChI is InChI=1S/C24H35NO2/c1-14-11-16-13-19-23(5)10-8-20(25-15(2)26)22(3,4)18(23)7-9-24(19,6)21(16)17(27)12-14/h11-12,18-20,27H,7-10,13H2,1-6H3,(H,25,26). The molecule has 0 heterocycles. The van der Waals surface area contributed by atoms with Crippen LogP contribution in [0.15, 0.2) is 12.1 Å². The third-order valence-corrected chi connectivity index (χ3v) is 8.80. The first-order chi connectivity index (χ1) is 12.5. The second-order valence-electron chi connectivity index (χ2n) is 10.7. The Kier molecular flexibility index (Phi) is 4.01. The van der Waals surface area contributed by atoms with Crippen molar-refractivity contribution in [1.29, 1.82) is 0 Å². The smallest absolute Gasteiger partial charge is 0.217 e. The molecule has 3 nitrogen and oxygen atoms in total. The minimum absolute atomic E-state index is 0.0648. The Morgan fingerprint density at radius 2 is 1.81 bits per heavy atom. The molecule has 4 rings (SSSR count). The van der Waals surface area contributed by atoms with E-state index in [9.17, 15) is 9.90 Å². The molecule has 0 radical (unpaired) electrons. The van der Waals surface area contributed by atoms with E-state index >= 15 is 0 Å². The molecular formula is C24H35NO2. The number of aromatic hydroxyl groups is 1. The van der Waals surface area contributed by atoms with E-state index in [1.807, 2.05) is 6.07 Å². The van der Waals surface area contributed by atoms with Crippen molar-refractivity contribution in [3.05, 3.63) is 28.8 Å². The molecule has 0 spiro atoms. The fraction of sp³-hybridized carbons (Fsp3) is 0.708. The predicted octanol–water partition coefficient (Wildman–Crippen LogP) is 4.87. The Bertz CT molecular complexity index is 798. The molecule has 27 heavy (non-hydrogen) atoms. The highest BCUT2D eigenvalue weighted by Gasteiger charge is 2.63. The van der Waals surface area contributed by atoms with Crippen LogP contribution >= 0.6 is 0 Å². The van der Waals surface area contributed by atoms with Crippen molar-refractivity contribution in [3.63, 3.8) is 0 Å². The van der Waals surface area contributed by atoms with Crippen LogP contribution < -0.4 is 5.32 Å². The third kappa shape index (κ3) is 2.49. The number of carbonyl (C=O) groups excluding carboxylic acids is 1. The summed E-state index contributed by atoms with van der Waals surface area (Å²) in [5.74, 6) is 1.74. The zero-order valence-corrected chi connectivity index (χ0v) is 17.8. The van der Waals surface area contributed by atoms with Crippen molar-refractivity contribution in [2.45, 2.75) is 85.1 Å². The summed E-state index contributed by atoms with van der Waals surface area (Å²) in [5.41, 5.74) is 4.14. The number of rotatable bonds is 1. The van der Waals surface area contributed by atoms with Crippen molar-refractivity contribution in [2.24, 2.45) is 22.7 Å². The van der Waals surface area contributed by atoms with Crippen LogP contribution in [-0.4, -0.2) is 17.1 Å². The van der Waals surface area contributed by atoms with E-state index in [1.54, 1.807) is 6.92 Å². The van der Waals surface area contributed by atoms with Gasteiger partial charge in [-0.3, -0.25) is 4.79 Å². The molecule has 1 amide bonds. The molecule has 0 bridgehead atoms. The van der Waals surface area contributed by atoms with E-state index in [0.717, 1.165) is 31.2 Å². The monoisotopic (exact) mass is 369 g/mol. The van der Waals surface area contributed by atoms with E-state index in [0.29, 0.717) is 17.6 Å². The zero-order valence-electron chi connectivity index (χ0n) is 17.8. The van der Waals surface area contributed by atoms with Gasteiger partial charge in [-0.2, -0.15) is 0 Å². The van der Waals surface area contributed by atoms with Gasteiger partial charge in [-0.1, -0.05) is 33.8 Å². The highest BCUT2D eigenvalue weighted by atomic mass is 16.3. The van der Waals surface area contributed by atoms with Crippen LogP contribution in [-0.2, 0) is 16.6 Å². The molecule has 0 aromatic heterocycles. The Morgan fingerprint density at radius 3 is 2.48 bits per heavy atom. The summed E-state index contributed by atoms with van der Waals surface area (Å²) < 4.78 is 0. The molecule has 0 aliphatic heterocycles. The first kappa shape index (κ1) is 18.8. The molecular weight excluding hydrogens is 334 g/mol.